The van der Waals surface area contributed by atoms with Crippen LogP contribution in [0.5, 0.6) is 0 Å². The summed E-state index contributed by atoms with van der Waals surface area (Å²) >= 11 is 1.67. The van der Waals surface area contributed by atoms with E-state index in [4.69, 9.17) is 5.26 Å². The van der Waals surface area contributed by atoms with E-state index in [9.17, 15) is 4.79 Å². The topological polar surface area (TPSA) is 59.4 Å². The molecule has 4 rings (SSSR count). The Labute approximate surface area is 202 Å². The van der Waals surface area contributed by atoms with Crippen LogP contribution in [0, 0.1) is 11.3 Å². The first-order valence-corrected chi connectivity index (χ1v) is 13.0. The van der Waals surface area contributed by atoms with Crippen molar-refractivity contribution in [3.8, 4) is 17.2 Å². The molecule has 1 heterocycles. The molecule has 1 saturated carbocycles. The van der Waals surface area contributed by atoms with Crippen molar-refractivity contribution in [1.82, 2.24) is 10.2 Å². The first-order chi connectivity index (χ1) is 16.1. The number of hydrogen-bond donors (Lipinski definition) is 1. The van der Waals surface area contributed by atoms with E-state index in [0.29, 0.717) is 0 Å². The number of hydrogen-bond acceptors (Lipinski definition) is 5. The lowest BCUT2D eigenvalue weighted by molar-refractivity contribution is -0.124. The summed E-state index contributed by atoms with van der Waals surface area (Å²) in [6.07, 6.45) is 5.03. The molecule has 0 spiro atoms. The lowest BCUT2D eigenvalue weighted by Gasteiger charge is -2.35. The molecule has 1 saturated heterocycles. The number of anilines is 1. The molecule has 0 unspecified atom stereocenters. The second-order valence-electron chi connectivity index (χ2n) is 8.99. The van der Waals surface area contributed by atoms with Gasteiger partial charge in [0.2, 0.25) is 5.91 Å². The minimum atomic E-state index is -0.458. The van der Waals surface area contributed by atoms with Crippen molar-refractivity contribution >= 4 is 23.4 Å². The summed E-state index contributed by atoms with van der Waals surface area (Å²) in [6.45, 7) is 7.87. The van der Waals surface area contributed by atoms with Crippen molar-refractivity contribution < 1.29 is 4.79 Å². The van der Waals surface area contributed by atoms with Gasteiger partial charge in [0.05, 0.1) is 10.8 Å². The number of nitriles is 1. The zero-order chi connectivity index (χ0) is 23.1. The Bertz CT molecular complexity index is 953. The zero-order valence-electron chi connectivity index (χ0n) is 19.6. The van der Waals surface area contributed by atoms with Crippen LogP contribution in [0.1, 0.15) is 39.0 Å². The van der Waals surface area contributed by atoms with Gasteiger partial charge in [-0.15, -0.1) is 11.8 Å². The fourth-order valence-corrected chi connectivity index (χ4v) is 6.29. The van der Waals surface area contributed by atoms with E-state index < -0.39 is 4.75 Å². The Morgan fingerprint density at radius 3 is 2.15 bits per heavy atom. The van der Waals surface area contributed by atoms with Crippen LogP contribution >= 0.6 is 11.8 Å². The molecule has 5 nitrogen and oxygen atoms in total. The monoisotopic (exact) mass is 462 g/mol. The quantitative estimate of drug-likeness (QED) is 0.591. The van der Waals surface area contributed by atoms with Gasteiger partial charge in [-0.05, 0) is 54.8 Å². The maximum absolute atomic E-state index is 12.9. The highest BCUT2D eigenvalue weighted by atomic mass is 32.2. The third kappa shape index (κ3) is 5.72. The third-order valence-corrected chi connectivity index (χ3v) is 8.45. The Kier molecular flexibility index (Phi) is 7.95. The maximum atomic E-state index is 12.9. The van der Waals surface area contributed by atoms with Gasteiger partial charge in [-0.2, -0.15) is 5.26 Å². The number of piperazine rings is 1. The highest BCUT2D eigenvalue weighted by Gasteiger charge is 2.40. The first kappa shape index (κ1) is 23.7. The van der Waals surface area contributed by atoms with Crippen LogP contribution < -0.4 is 10.2 Å². The molecule has 2 fully saturated rings. The number of benzene rings is 2. The fraction of sp³-hybridized carbons (Fsp3) is 0.481. The van der Waals surface area contributed by atoms with Gasteiger partial charge in [-0.25, -0.2) is 0 Å². The number of carbonyl (C=O) groups excluding carboxylic acids is 1. The number of likely N-dealkylation sites (N-methyl/N-ethyl adjacent to an activating group) is 1. The van der Waals surface area contributed by atoms with Gasteiger partial charge in [0, 0.05) is 36.8 Å². The molecule has 2 aromatic carbocycles. The standard InChI is InChI=1S/C27H34N4OS/c1-2-30-18-20-31(21-19-30)24-10-6-22(7-11-24)23-8-12-25(13-9-23)33-27(14-4-3-5-15-27)26(32)29-17-16-28/h6-13H,2-5,14-15,17-21H2,1H3,(H,29,32). The predicted molar refractivity (Wildman–Crippen MR) is 137 cm³/mol. The largest absolute Gasteiger partial charge is 0.369 e. The zero-order valence-corrected chi connectivity index (χ0v) is 20.4. The molecular formula is C27H34N4OS. The van der Waals surface area contributed by atoms with E-state index in [1.54, 1.807) is 11.8 Å². The summed E-state index contributed by atoms with van der Waals surface area (Å²) in [7, 11) is 0. The molecule has 33 heavy (non-hydrogen) atoms. The molecule has 1 aliphatic heterocycles. The van der Waals surface area contributed by atoms with Crippen molar-refractivity contribution in [2.24, 2.45) is 0 Å². The second kappa shape index (κ2) is 11.1. The molecule has 2 aromatic rings. The van der Waals surface area contributed by atoms with Crippen molar-refractivity contribution in [1.29, 1.82) is 5.26 Å². The van der Waals surface area contributed by atoms with E-state index in [2.05, 4.69) is 70.6 Å². The molecule has 0 bridgehead atoms. The van der Waals surface area contributed by atoms with E-state index in [1.807, 2.05) is 6.07 Å². The summed E-state index contributed by atoms with van der Waals surface area (Å²) in [5.74, 6) is 0.00758. The van der Waals surface area contributed by atoms with Gasteiger partial charge in [0.25, 0.3) is 0 Å². The Balaban J connectivity index is 1.42. The second-order valence-corrected chi connectivity index (χ2v) is 10.4. The minimum Gasteiger partial charge on any atom is -0.369 e. The Hall–Kier alpha value is -2.49. The van der Waals surface area contributed by atoms with Crippen LogP contribution in [-0.4, -0.2) is 54.8 Å². The highest BCUT2D eigenvalue weighted by molar-refractivity contribution is 8.01. The molecule has 1 amide bonds. The van der Waals surface area contributed by atoms with E-state index in [-0.39, 0.29) is 12.5 Å². The van der Waals surface area contributed by atoms with Crippen molar-refractivity contribution in [2.45, 2.75) is 48.7 Å². The number of nitrogens with one attached hydrogen (secondary N) is 1. The first-order valence-electron chi connectivity index (χ1n) is 12.2. The number of rotatable bonds is 7. The average Bonchev–Trinajstić information content (AvgIpc) is 2.88. The number of amides is 1. The molecule has 6 heteroatoms. The molecule has 1 aliphatic carbocycles. The lowest BCUT2D eigenvalue weighted by atomic mass is 9.87. The minimum absolute atomic E-state index is 0.00758. The molecule has 0 aromatic heterocycles. The summed E-state index contributed by atoms with van der Waals surface area (Å²) in [5, 5.41) is 11.7. The van der Waals surface area contributed by atoms with Crippen LogP contribution in [0.4, 0.5) is 5.69 Å². The van der Waals surface area contributed by atoms with Crippen LogP contribution in [0.15, 0.2) is 53.4 Å². The van der Waals surface area contributed by atoms with Gasteiger partial charge in [-0.1, -0.05) is 50.5 Å². The summed E-state index contributed by atoms with van der Waals surface area (Å²) in [6, 6.07) is 19.5. The van der Waals surface area contributed by atoms with Gasteiger partial charge in [0.15, 0.2) is 0 Å². The third-order valence-electron chi connectivity index (χ3n) is 6.96. The summed E-state index contributed by atoms with van der Waals surface area (Å²) < 4.78 is -0.458. The predicted octanol–water partition coefficient (Wildman–Crippen LogP) is 4.93. The molecule has 174 valence electrons. The Morgan fingerprint density at radius 2 is 1.58 bits per heavy atom. The van der Waals surface area contributed by atoms with Crippen LogP contribution in [0.25, 0.3) is 11.1 Å². The molecule has 2 aliphatic rings. The highest BCUT2D eigenvalue weighted by Crippen LogP contribution is 2.44. The van der Waals surface area contributed by atoms with Crippen LogP contribution in [0.2, 0.25) is 0 Å². The number of thioether (sulfide) groups is 1. The maximum Gasteiger partial charge on any atom is 0.237 e. The van der Waals surface area contributed by atoms with Gasteiger partial charge in [0.1, 0.15) is 6.54 Å². The van der Waals surface area contributed by atoms with Crippen LogP contribution in [0.3, 0.4) is 0 Å². The van der Waals surface area contributed by atoms with Crippen molar-refractivity contribution in [3.05, 3.63) is 48.5 Å². The number of nitrogens with zero attached hydrogens (tertiary/aromatic N) is 3. The normalized spacial score (nSPS) is 18.5. The van der Waals surface area contributed by atoms with E-state index in [1.165, 1.54) is 23.2 Å². The smallest absolute Gasteiger partial charge is 0.237 e. The fourth-order valence-electron chi connectivity index (χ4n) is 4.91. The van der Waals surface area contributed by atoms with Gasteiger partial charge >= 0.3 is 0 Å². The average molecular weight is 463 g/mol. The van der Waals surface area contributed by atoms with Crippen LogP contribution in [-0.2, 0) is 4.79 Å². The molecule has 0 atom stereocenters. The lowest BCUT2D eigenvalue weighted by Crippen LogP contribution is -2.46. The van der Waals surface area contributed by atoms with Gasteiger partial charge in [-0.3, -0.25) is 4.79 Å². The van der Waals surface area contributed by atoms with Gasteiger partial charge < -0.3 is 15.1 Å². The number of carbonyl (C=O) groups is 1. The van der Waals surface area contributed by atoms with E-state index in [0.717, 1.165) is 63.3 Å². The SMILES string of the molecule is CCN1CCN(c2ccc(-c3ccc(SC4(C(=O)NCC#N)CCCCC4)cc3)cc2)CC1. The Morgan fingerprint density at radius 1 is 0.970 bits per heavy atom. The van der Waals surface area contributed by atoms with E-state index >= 15 is 0 Å². The summed E-state index contributed by atoms with van der Waals surface area (Å²) in [4.78, 5) is 19.0. The van der Waals surface area contributed by atoms with Crippen molar-refractivity contribution in [3.63, 3.8) is 0 Å². The molecular weight excluding hydrogens is 428 g/mol. The molecule has 0 radical (unpaired) electrons. The van der Waals surface area contributed by atoms with Crippen molar-refractivity contribution in [2.75, 3.05) is 44.2 Å². The molecule has 1 N–H and O–H groups in total. The summed E-state index contributed by atoms with van der Waals surface area (Å²) in [5.41, 5.74) is 3.69.